The van der Waals surface area contributed by atoms with E-state index in [4.69, 9.17) is 0 Å². The molecule has 0 aliphatic carbocycles. The third kappa shape index (κ3) is 18.2. The van der Waals surface area contributed by atoms with Gasteiger partial charge in [0.2, 0.25) is 0 Å². The largest absolute Gasteiger partial charge is 7.00 e. The summed E-state index contributed by atoms with van der Waals surface area (Å²) >= 11 is 0. The van der Waals surface area contributed by atoms with E-state index < -0.39 is 0 Å². The van der Waals surface area contributed by atoms with Crippen molar-refractivity contribution in [3.63, 3.8) is 0 Å². The first-order valence-corrected chi connectivity index (χ1v) is 0. The van der Waals surface area contributed by atoms with Crippen molar-refractivity contribution in [3.05, 3.63) is 0 Å². The van der Waals surface area contributed by atoms with Crippen LogP contribution in [0.25, 0.3) is 0 Å². The molecule has 0 spiro atoms. The second-order valence-corrected chi connectivity index (χ2v) is 0. The molecule has 0 aromatic heterocycles. The Labute approximate surface area is 111 Å². The molecule has 0 heterocycles. The molecule has 0 atom stereocenters. The Kier molecular flexibility index (Phi) is 188. The maximum absolute atomic E-state index is 0. The fraction of sp³-hybridized carbons (Fsp3) is 0. The van der Waals surface area contributed by atoms with Gasteiger partial charge in [0.1, 0.15) is 0 Å². The van der Waals surface area contributed by atoms with Crippen LogP contribution in [0, 0.1) is 0 Å². The van der Waals surface area contributed by atoms with Gasteiger partial charge in [-0.05, 0) is 0 Å². The molecule has 0 aliphatic heterocycles. The fourth-order valence-electron chi connectivity index (χ4n) is 0. The minimum absolute atomic E-state index is 0. The van der Waals surface area contributed by atoms with E-state index in [0.29, 0.717) is 0 Å². The van der Waals surface area contributed by atoms with E-state index >= 15 is 0 Å². The Bertz CT molecular complexity index is 7.61. The van der Waals surface area contributed by atoms with Crippen LogP contribution in [0.1, 0.15) is 0 Å². The summed E-state index contributed by atoms with van der Waals surface area (Å²) in [7, 11) is 0. The monoisotopic (exact) mass is 493 g/mol. The predicted octanol–water partition coefficient (Wildman–Crippen LogP) is -1.90. The molecule has 0 saturated carbocycles. The van der Waals surface area contributed by atoms with Gasteiger partial charge in [0.05, 0.1) is 0 Å². The maximum Gasteiger partial charge on any atom is 7.00 e. The molecule has 0 amide bonds. The predicted molar refractivity (Wildman–Crippen MR) is 28.8 cm³/mol. The molecule has 0 fully saturated rings. The summed E-state index contributed by atoms with van der Waals surface area (Å²) in [6.45, 7) is 0. The second-order valence-electron chi connectivity index (χ2n) is 0. The molecule has 0 unspecified atom stereocenters. The van der Waals surface area contributed by atoms with Gasteiger partial charge in [0.25, 0.3) is 0 Å². The molecule has 0 aliphatic rings. The smallest absolute Gasteiger partial charge is 3.00 e. The molecule has 0 bridgehead atoms. The third-order valence-corrected chi connectivity index (χ3v) is 0. The van der Waals surface area contributed by atoms with Crippen molar-refractivity contribution in [1.82, 2.24) is 0 Å². The first-order valence-electron chi connectivity index (χ1n) is 0. The van der Waals surface area contributed by atoms with E-state index in [9.17, 15) is 0 Å². The zero-order valence-electron chi connectivity index (χ0n) is 2.73. The van der Waals surface area contributed by atoms with Crippen LogP contribution >= 0.6 is 0 Å². The first kappa shape index (κ1) is 37.4. The van der Waals surface area contributed by atoms with Crippen molar-refractivity contribution in [2.24, 2.45) is 0 Å². The van der Waals surface area contributed by atoms with Gasteiger partial charge in [-0.1, -0.05) is 0 Å². The quantitative estimate of drug-likeness (QED) is 0.347. The second kappa shape index (κ2) is 25.1. The Morgan fingerprint density at radius 1 is 0.800 bits per heavy atom. The molecule has 11 radical (unpaired) electrons. The van der Waals surface area contributed by atoms with Gasteiger partial charge in [-0.3, -0.25) is 0 Å². The summed E-state index contributed by atoms with van der Waals surface area (Å²) in [5, 5.41) is 0. The molecule has 0 rings (SSSR count). The van der Waals surface area contributed by atoms with E-state index in [1.807, 2.05) is 0 Å². The molecule has 0 nitrogen and oxygen atoms in total. The number of hydrogen-bond donors (Lipinski definition) is 0. The van der Waals surface area contributed by atoms with Crippen LogP contribution in [0.3, 0.4) is 0 Å². The third-order valence-electron chi connectivity index (χ3n) is 0. The minimum Gasteiger partial charge on any atom is 3.00 e. The molecular weight excluding hydrogens is 492 g/mol. The van der Waals surface area contributed by atoms with Gasteiger partial charge in [-0.2, -0.15) is 0 Å². The molecule has 0 saturated heterocycles. The van der Waals surface area contributed by atoms with E-state index in [0.717, 1.165) is 0 Å². The van der Waals surface area contributed by atoms with Crippen molar-refractivity contribution in [2.45, 2.75) is 0 Å². The van der Waals surface area contributed by atoms with Crippen molar-refractivity contribution in [2.75, 3.05) is 0 Å². The van der Waals surface area contributed by atoms with Gasteiger partial charge in [-0.25, -0.2) is 0 Å². The molecule has -3 valence electrons. The molecular formula is Ga2InSn2+20. The van der Waals surface area contributed by atoms with Gasteiger partial charge in [0, 0.05) is 0 Å². The van der Waals surface area contributed by atoms with E-state index in [1.54, 1.807) is 0 Å². The SMILES string of the molecule is [Ga+3].[Ga+3].[In+3].[Sn+4].[Sn+7]. The maximum atomic E-state index is 0. The van der Waals surface area contributed by atoms with Crippen LogP contribution in [0.2, 0.25) is 0 Å². The van der Waals surface area contributed by atoms with E-state index in [-0.39, 0.29) is 113 Å². The standard InChI is InChI=1S/2Ga.In.2Sn/q3*+3;+4;+7. The Morgan fingerprint density at radius 3 is 0.800 bits per heavy atom. The molecule has 5 heteroatoms. The van der Waals surface area contributed by atoms with Crippen LogP contribution < -0.4 is 0 Å². The average Bonchev–Trinajstić information content (AvgIpc) is 0. The van der Waals surface area contributed by atoms with Gasteiger partial charge < -0.3 is 0 Å². The molecule has 0 N–H and O–H groups in total. The van der Waals surface area contributed by atoms with Crippen LogP contribution in [0.4, 0.5) is 0 Å². The van der Waals surface area contributed by atoms with E-state index in [1.165, 1.54) is 0 Å². The Hall–Kier alpha value is 3.74. The Morgan fingerprint density at radius 2 is 0.800 bits per heavy atom. The molecule has 0 aromatic rings. The summed E-state index contributed by atoms with van der Waals surface area (Å²) in [6.07, 6.45) is 0. The van der Waals surface area contributed by atoms with Crippen molar-refractivity contribution >= 4 is 113 Å². The van der Waals surface area contributed by atoms with Gasteiger partial charge >= 0.3 is 113 Å². The molecule has 0 aromatic carbocycles. The van der Waals surface area contributed by atoms with Crippen LogP contribution in [0.15, 0.2) is 0 Å². The summed E-state index contributed by atoms with van der Waals surface area (Å²) in [6, 6.07) is 0. The van der Waals surface area contributed by atoms with Crippen LogP contribution in [-0.2, 0) is 0 Å². The topological polar surface area (TPSA) is 0 Å². The van der Waals surface area contributed by atoms with Crippen molar-refractivity contribution in [3.8, 4) is 0 Å². The fourth-order valence-corrected chi connectivity index (χ4v) is 0. The zero-order valence-corrected chi connectivity index (χ0v) is 16.6. The zero-order chi connectivity index (χ0) is 0. The summed E-state index contributed by atoms with van der Waals surface area (Å²) in [5.74, 6) is 0. The number of rotatable bonds is 0. The van der Waals surface area contributed by atoms with Gasteiger partial charge in [0.15, 0.2) is 0 Å². The average molecular weight is 492 g/mol. The molecule has 5 heavy (non-hydrogen) atoms. The van der Waals surface area contributed by atoms with E-state index in [2.05, 4.69) is 0 Å². The van der Waals surface area contributed by atoms with Crippen LogP contribution in [-0.4, -0.2) is 113 Å². The van der Waals surface area contributed by atoms with Crippen molar-refractivity contribution < 1.29 is 0 Å². The normalized spacial score (nSPS) is 0. The summed E-state index contributed by atoms with van der Waals surface area (Å²) in [5.41, 5.74) is 0. The summed E-state index contributed by atoms with van der Waals surface area (Å²) < 4.78 is 0. The minimum atomic E-state index is 0. The number of hydrogen-bond acceptors (Lipinski definition) is 0. The van der Waals surface area contributed by atoms with Crippen molar-refractivity contribution in [1.29, 1.82) is 0 Å². The Balaban J connectivity index is 0. The summed E-state index contributed by atoms with van der Waals surface area (Å²) in [4.78, 5) is 0. The van der Waals surface area contributed by atoms with Gasteiger partial charge in [-0.15, -0.1) is 0 Å². The first-order chi connectivity index (χ1) is 0. The van der Waals surface area contributed by atoms with Crippen LogP contribution in [0.5, 0.6) is 0 Å².